The standard InChI is InChI=1S/C14H19NO3/c1-10(12(3)16)15-11(2)14(17)18-9-13-7-5-4-6-8-13/h4-8,10-11,15H,9H2,1-3H3. The van der Waals surface area contributed by atoms with Crippen molar-refractivity contribution in [2.24, 2.45) is 0 Å². The average molecular weight is 249 g/mol. The monoisotopic (exact) mass is 249 g/mol. The van der Waals surface area contributed by atoms with Crippen molar-refractivity contribution in [3.05, 3.63) is 35.9 Å². The van der Waals surface area contributed by atoms with Gasteiger partial charge in [0.15, 0.2) is 0 Å². The van der Waals surface area contributed by atoms with Crippen molar-refractivity contribution in [1.82, 2.24) is 5.32 Å². The number of benzene rings is 1. The van der Waals surface area contributed by atoms with E-state index in [0.717, 1.165) is 5.56 Å². The number of Topliss-reactive ketones (excluding diaryl/α,β-unsaturated/α-hetero) is 1. The largest absolute Gasteiger partial charge is 0.460 e. The molecule has 1 rings (SSSR count). The zero-order valence-electron chi connectivity index (χ0n) is 11.0. The van der Waals surface area contributed by atoms with Gasteiger partial charge in [0.1, 0.15) is 18.4 Å². The first-order valence-electron chi connectivity index (χ1n) is 5.97. The maximum Gasteiger partial charge on any atom is 0.323 e. The van der Waals surface area contributed by atoms with Gasteiger partial charge in [0.2, 0.25) is 0 Å². The quantitative estimate of drug-likeness (QED) is 0.779. The highest BCUT2D eigenvalue weighted by atomic mass is 16.5. The Kier molecular flexibility index (Phi) is 5.52. The van der Waals surface area contributed by atoms with E-state index in [1.54, 1.807) is 13.8 Å². The molecular weight excluding hydrogens is 230 g/mol. The number of ether oxygens (including phenoxy) is 1. The summed E-state index contributed by atoms with van der Waals surface area (Å²) in [4.78, 5) is 22.7. The van der Waals surface area contributed by atoms with Crippen LogP contribution in [0.5, 0.6) is 0 Å². The molecule has 18 heavy (non-hydrogen) atoms. The van der Waals surface area contributed by atoms with Gasteiger partial charge in [-0.25, -0.2) is 0 Å². The minimum Gasteiger partial charge on any atom is -0.460 e. The Bertz CT molecular complexity index is 403. The zero-order valence-corrected chi connectivity index (χ0v) is 11.0. The first-order valence-corrected chi connectivity index (χ1v) is 5.97. The van der Waals surface area contributed by atoms with Crippen molar-refractivity contribution in [3.8, 4) is 0 Å². The molecule has 4 heteroatoms. The van der Waals surface area contributed by atoms with E-state index in [0.29, 0.717) is 0 Å². The predicted molar refractivity (Wildman–Crippen MR) is 69.0 cm³/mol. The summed E-state index contributed by atoms with van der Waals surface area (Å²) >= 11 is 0. The third-order valence-corrected chi connectivity index (χ3v) is 2.69. The van der Waals surface area contributed by atoms with Gasteiger partial charge < -0.3 is 4.74 Å². The summed E-state index contributed by atoms with van der Waals surface area (Å²) in [6.45, 7) is 5.15. The summed E-state index contributed by atoms with van der Waals surface area (Å²) in [7, 11) is 0. The maximum atomic E-state index is 11.7. The maximum absolute atomic E-state index is 11.7. The topological polar surface area (TPSA) is 55.4 Å². The van der Waals surface area contributed by atoms with Crippen LogP contribution in [0.3, 0.4) is 0 Å². The molecule has 0 aliphatic rings. The highest BCUT2D eigenvalue weighted by Gasteiger charge is 2.18. The van der Waals surface area contributed by atoms with Crippen LogP contribution in [-0.4, -0.2) is 23.8 Å². The molecule has 0 aliphatic heterocycles. The van der Waals surface area contributed by atoms with Crippen molar-refractivity contribution >= 4 is 11.8 Å². The summed E-state index contributed by atoms with van der Waals surface area (Å²) in [5.74, 6) is -0.357. The lowest BCUT2D eigenvalue weighted by atomic mass is 10.2. The second-order valence-electron chi connectivity index (χ2n) is 4.31. The van der Waals surface area contributed by atoms with Crippen LogP contribution in [0.1, 0.15) is 26.3 Å². The zero-order chi connectivity index (χ0) is 13.5. The number of ketones is 1. The minimum atomic E-state index is -0.493. The molecule has 0 radical (unpaired) electrons. The lowest BCUT2D eigenvalue weighted by molar-refractivity contribution is -0.147. The molecule has 0 saturated heterocycles. The molecule has 1 aromatic rings. The van der Waals surface area contributed by atoms with Crippen LogP contribution in [0, 0.1) is 0 Å². The van der Waals surface area contributed by atoms with E-state index in [2.05, 4.69) is 5.32 Å². The second-order valence-corrected chi connectivity index (χ2v) is 4.31. The molecule has 98 valence electrons. The van der Waals surface area contributed by atoms with Gasteiger partial charge in [0, 0.05) is 0 Å². The van der Waals surface area contributed by atoms with E-state index in [1.807, 2.05) is 30.3 Å². The fourth-order valence-corrected chi connectivity index (χ4v) is 1.41. The number of nitrogens with one attached hydrogen (secondary N) is 1. The first-order chi connectivity index (χ1) is 8.50. The molecular formula is C14H19NO3. The van der Waals surface area contributed by atoms with E-state index in [9.17, 15) is 9.59 Å². The highest BCUT2D eigenvalue weighted by molar-refractivity contribution is 5.82. The van der Waals surface area contributed by atoms with Gasteiger partial charge >= 0.3 is 5.97 Å². The summed E-state index contributed by atoms with van der Waals surface area (Å²) in [5.41, 5.74) is 0.942. The summed E-state index contributed by atoms with van der Waals surface area (Å²) < 4.78 is 5.16. The summed E-state index contributed by atoms with van der Waals surface area (Å²) in [5, 5.41) is 2.89. The van der Waals surface area contributed by atoms with E-state index in [-0.39, 0.29) is 24.4 Å². The van der Waals surface area contributed by atoms with Gasteiger partial charge in [0.05, 0.1) is 6.04 Å². The van der Waals surface area contributed by atoms with Crippen molar-refractivity contribution in [3.63, 3.8) is 0 Å². The molecule has 0 aliphatic carbocycles. The van der Waals surface area contributed by atoms with Gasteiger partial charge in [-0.05, 0) is 26.3 Å². The van der Waals surface area contributed by atoms with Crippen molar-refractivity contribution in [1.29, 1.82) is 0 Å². The number of rotatable bonds is 6. The Hall–Kier alpha value is -1.68. The Morgan fingerprint density at radius 1 is 1.17 bits per heavy atom. The number of carbonyl (C=O) groups is 2. The van der Waals surface area contributed by atoms with Crippen LogP contribution in [0.15, 0.2) is 30.3 Å². The molecule has 0 bridgehead atoms. The SMILES string of the molecule is CC(=O)C(C)NC(C)C(=O)OCc1ccccc1. The molecule has 0 saturated carbocycles. The Balaban J connectivity index is 2.39. The van der Waals surface area contributed by atoms with E-state index < -0.39 is 6.04 Å². The van der Waals surface area contributed by atoms with E-state index in [4.69, 9.17) is 4.74 Å². The number of hydrogen-bond donors (Lipinski definition) is 1. The molecule has 0 spiro atoms. The molecule has 0 aromatic heterocycles. The van der Waals surface area contributed by atoms with Gasteiger partial charge in [-0.3, -0.25) is 14.9 Å². The predicted octanol–water partition coefficient (Wildman–Crippen LogP) is 1.69. The fraction of sp³-hybridized carbons (Fsp3) is 0.429. The molecule has 1 aromatic carbocycles. The van der Waals surface area contributed by atoms with Gasteiger partial charge in [-0.2, -0.15) is 0 Å². The second kappa shape index (κ2) is 6.91. The smallest absolute Gasteiger partial charge is 0.323 e. The van der Waals surface area contributed by atoms with Crippen molar-refractivity contribution < 1.29 is 14.3 Å². The van der Waals surface area contributed by atoms with Crippen LogP contribution >= 0.6 is 0 Å². The van der Waals surface area contributed by atoms with Crippen LogP contribution in [-0.2, 0) is 20.9 Å². The molecule has 1 N–H and O–H groups in total. The number of carbonyl (C=O) groups excluding carboxylic acids is 2. The average Bonchev–Trinajstić information content (AvgIpc) is 2.36. The molecule has 0 heterocycles. The van der Waals surface area contributed by atoms with Crippen LogP contribution in [0.2, 0.25) is 0 Å². The summed E-state index contributed by atoms with van der Waals surface area (Å²) in [6, 6.07) is 8.64. The third kappa shape index (κ3) is 4.67. The van der Waals surface area contributed by atoms with Crippen molar-refractivity contribution in [2.45, 2.75) is 39.5 Å². The highest BCUT2D eigenvalue weighted by Crippen LogP contribution is 2.02. The Labute approximate surface area is 107 Å². The molecule has 0 fully saturated rings. The molecule has 4 nitrogen and oxygen atoms in total. The number of hydrogen-bond acceptors (Lipinski definition) is 4. The molecule has 2 atom stereocenters. The number of esters is 1. The fourth-order valence-electron chi connectivity index (χ4n) is 1.41. The van der Waals surface area contributed by atoms with Gasteiger partial charge in [-0.1, -0.05) is 30.3 Å². The Morgan fingerprint density at radius 3 is 2.33 bits per heavy atom. The minimum absolute atomic E-state index is 0.00212. The van der Waals surface area contributed by atoms with Gasteiger partial charge in [0.25, 0.3) is 0 Å². The lowest BCUT2D eigenvalue weighted by Gasteiger charge is -2.16. The first kappa shape index (κ1) is 14.4. The van der Waals surface area contributed by atoms with Gasteiger partial charge in [-0.15, -0.1) is 0 Å². The summed E-state index contributed by atoms with van der Waals surface area (Å²) in [6.07, 6.45) is 0. The Morgan fingerprint density at radius 2 is 1.78 bits per heavy atom. The lowest BCUT2D eigenvalue weighted by Crippen LogP contribution is -2.43. The van der Waals surface area contributed by atoms with E-state index >= 15 is 0 Å². The van der Waals surface area contributed by atoms with Crippen LogP contribution in [0.25, 0.3) is 0 Å². The van der Waals surface area contributed by atoms with Crippen molar-refractivity contribution in [2.75, 3.05) is 0 Å². The third-order valence-electron chi connectivity index (χ3n) is 2.69. The van der Waals surface area contributed by atoms with Crippen LogP contribution in [0.4, 0.5) is 0 Å². The molecule has 2 unspecified atom stereocenters. The molecule has 0 amide bonds. The van der Waals surface area contributed by atoms with E-state index in [1.165, 1.54) is 6.92 Å². The normalized spacial score (nSPS) is 13.7. The van der Waals surface area contributed by atoms with Crippen LogP contribution < -0.4 is 5.32 Å².